The molecule has 3 aromatic rings. The minimum Gasteiger partial charge on any atom is -0.474 e. The van der Waals surface area contributed by atoms with Crippen LogP contribution in [-0.4, -0.2) is 47.7 Å². The van der Waals surface area contributed by atoms with Crippen LogP contribution < -0.4 is 31.3 Å². The van der Waals surface area contributed by atoms with Crippen LogP contribution in [0.3, 0.4) is 0 Å². The van der Waals surface area contributed by atoms with Crippen molar-refractivity contribution in [1.29, 1.82) is 0 Å². The predicted octanol–water partition coefficient (Wildman–Crippen LogP) is 4.70. The van der Waals surface area contributed by atoms with E-state index in [9.17, 15) is 0 Å². The highest BCUT2D eigenvalue weighted by atomic mass is 16.5. The highest BCUT2D eigenvalue weighted by Crippen LogP contribution is 2.33. The molecule has 1 aromatic carbocycles. The maximum Gasteiger partial charge on any atom is 0.237 e. The summed E-state index contributed by atoms with van der Waals surface area (Å²) in [7, 11) is 0. The molecule has 5 N–H and O–H groups in total. The molecule has 0 unspecified atom stereocenters. The summed E-state index contributed by atoms with van der Waals surface area (Å²) < 4.78 is 5.65. The predicted molar refractivity (Wildman–Crippen MR) is 148 cm³/mol. The van der Waals surface area contributed by atoms with Crippen LogP contribution in [0.4, 0.5) is 28.7 Å². The van der Waals surface area contributed by atoms with Gasteiger partial charge in [-0.3, -0.25) is 0 Å². The topological polar surface area (TPSA) is 108 Å². The van der Waals surface area contributed by atoms with Gasteiger partial charge in [-0.25, -0.2) is 15.0 Å². The van der Waals surface area contributed by atoms with E-state index in [1.54, 1.807) is 0 Å². The van der Waals surface area contributed by atoms with E-state index in [1.165, 1.54) is 0 Å². The Kier molecular flexibility index (Phi) is 9.15. The minimum atomic E-state index is 0.587. The summed E-state index contributed by atoms with van der Waals surface area (Å²) >= 11 is 0. The lowest BCUT2D eigenvalue weighted by Gasteiger charge is -2.22. The maximum absolute atomic E-state index is 5.65. The molecule has 9 nitrogen and oxygen atoms in total. The number of fused-ring (bicyclic) bond motifs is 1. The quantitative estimate of drug-likeness (QED) is 0.218. The molecule has 0 spiro atoms. The van der Waals surface area contributed by atoms with E-state index in [4.69, 9.17) is 9.72 Å². The largest absolute Gasteiger partial charge is 0.474 e. The summed E-state index contributed by atoms with van der Waals surface area (Å²) in [5, 5.41) is 17.1. The molecule has 1 aliphatic rings. The Morgan fingerprint density at radius 2 is 1.78 bits per heavy atom. The van der Waals surface area contributed by atoms with Crippen LogP contribution in [0.2, 0.25) is 0 Å². The summed E-state index contributed by atoms with van der Waals surface area (Å²) in [6.07, 6.45) is 6.88. The number of aryl methyl sites for hydroxylation is 1. The van der Waals surface area contributed by atoms with E-state index >= 15 is 0 Å². The van der Waals surface area contributed by atoms with Gasteiger partial charge in [0, 0.05) is 42.8 Å². The number of rotatable bonds is 13. The third-order valence-corrected chi connectivity index (χ3v) is 6.06. The first-order valence-corrected chi connectivity index (χ1v) is 12.9. The van der Waals surface area contributed by atoms with Crippen molar-refractivity contribution in [2.24, 2.45) is 0 Å². The molecular formula is C27H38N8O. The van der Waals surface area contributed by atoms with E-state index in [0.29, 0.717) is 25.0 Å². The van der Waals surface area contributed by atoms with Gasteiger partial charge in [-0.1, -0.05) is 20.3 Å². The highest BCUT2D eigenvalue weighted by molar-refractivity contribution is 5.69. The molecule has 0 radical (unpaired) electrons. The normalized spacial score (nSPS) is 12.3. The molecule has 0 bridgehead atoms. The molecule has 9 heteroatoms. The molecule has 2 aromatic heterocycles. The summed E-state index contributed by atoms with van der Waals surface area (Å²) in [6, 6.07) is 8.22. The van der Waals surface area contributed by atoms with Crippen LogP contribution in [0.15, 0.2) is 36.7 Å². The van der Waals surface area contributed by atoms with Gasteiger partial charge in [-0.15, -0.1) is 0 Å². The lowest BCUT2D eigenvalue weighted by Crippen LogP contribution is -2.22. The third kappa shape index (κ3) is 6.75. The van der Waals surface area contributed by atoms with Crippen molar-refractivity contribution in [1.82, 2.24) is 20.3 Å². The molecule has 4 rings (SSSR count). The zero-order valence-corrected chi connectivity index (χ0v) is 21.6. The number of aromatic nitrogens is 3. The van der Waals surface area contributed by atoms with Crippen LogP contribution in [0.25, 0.3) is 0 Å². The lowest BCUT2D eigenvalue weighted by molar-refractivity contribution is 0.310. The van der Waals surface area contributed by atoms with E-state index < -0.39 is 0 Å². The third-order valence-electron chi connectivity index (χ3n) is 6.06. The van der Waals surface area contributed by atoms with Crippen molar-refractivity contribution >= 4 is 28.7 Å². The average molecular weight is 491 g/mol. The monoisotopic (exact) mass is 490 g/mol. The Labute approximate surface area is 213 Å². The van der Waals surface area contributed by atoms with E-state index in [1.807, 2.05) is 24.5 Å². The molecule has 0 aliphatic carbocycles. The number of nitrogens with one attached hydrogen (secondary N) is 5. The maximum atomic E-state index is 5.65. The molecule has 0 atom stereocenters. The molecule has 0 saturated carbocycles. The molecule has 0 amide bonds. The van der Waals surface area contributed by atoms with E-state index in [-0.39, 0.29) is 0 Å². The van der Waals surface area contributed by atoms with Gasteiger partial charge in [0.05, 0.1) is 24.1 Å². The first kappa shape index (κ1) is 25.5. The average Bonchev–Trinajstić information content (AvgIpc) is 2.90. The zero-order valence-electron chi connectivity index (χ0n) is 21.6. The Hall–Kier alpha value is -3.59. The van der Waals surface area contributed by atoms with Crippen molar-refractivity contribution in [3.8, 4) is 5.88 Å². The number of anilines is 5. The van der Waals surface area contributed by atoms with Crippen LogP contribution in [0, 0.1) is 6.92 Å². The van der Waals surface area contributed by atoms with Gasteiger partial charge in [-0.05, 0) is 56.1 Å². The van der Waals surface area contributed by atoms with Gasteiger partial charge in [0.15, 0.2) is 0 Å². The molecule has 3 heterocycles. The van der Waals surface area contributed by atoms with E-state index in [0.717, 1.165) is 85.0 Å². The summed E-state index contributed by atoms with van der Waals surface area (Å²) in [4.78, 5) is 13.9. The molecule has 0 saturated heterocycles. The fourth-order valence-corrected chi connectivity index (χ4v) is 4.11. The van der Waals surface area contributed by atoms with Gasteiger partial charge >= 0.3 is 0 Å². The molecular weight excluding hydrogens is 452 g/mol. The molecule has 1 aliphatic heterocycles. The zero-order chi connectivity index (χ0) is 25.2. The number of pyridine rings is 1. The molecule has 36 heavy (non-hydrogen) atoms. The Bertz CT molecular complexity index is 1120. The second-order valence-electron chi connectivity index (χ2n) is 8.90. The van der Waals surface area contributed by atoms with Gasteiger partial charge in [-0.2, -0.15) is 0 Å². The number of hydrogen-bond acceptors (Lipinski definition) is 9. The smallest absolute Gasteiger partial charge is 0.237 e. The fraction of sp³-hybridized carbons (Fsp3) is 0.444. The van der Waals surface area contributed by atoms with Crippen molar-refractivity contribution < 1.29 is 4.74 Å². The van der Waals surface area contributed by atoms with Gasteiger partial charge in [0.25, 0.3) is 0 Å². The second-order valence-corrected chi connectivity index (χ2v) is 8.90. The standard InChI is InChI=1S/C27H38N8O/c1-4-6-20-16-33-27(34-22-9-7-21(8-10-22)29-13-12-28-11-5-2)35-24(20)18-31-23-17-32-26-25(19(23)3)30-14-15-36-26/h7-10,16-17,28-31H,4-6,11-15,18H2,1-3H3,(H,33,34,35). The van der Waals surface area contributed by atoms with Gasteiger partial charge in [0.2, 0.25) is 11.8 Å². The number of benzene rings is 1. The lowest BCUT2D eigenvalue weighted by atomic mass is 10.1. The Balaban J connectivity index is 1.40. The number of nitrogens with zero attached hydrogens (tertiary/aromatic N) is 3. The van der Waals surface area contributed by atoms with Crippen LogP contribution >= 0.6 is 0 Å². The summed E-state index contributed by atoms with van der Waals surface area (Å²) in [5.41, 5.74) is 7.20. The van der Waals surface area contributed by atoms with Crippen molar-refractivity contribution in [3.63, 3.8) is 0 Å². The first-order chi connectivity index (χ1) is 17.7. The van der Waals surface area contributed by atoms with Crippen LogP contribution in [0.5, 0.6) is 5.88 Å². The Morgan fingerprint density at radius 1 is 0.944 bits per heavy atom. The SMILES string of the molecule is CCCNCCNc1ccc(Nc2ncc(CCC)c(CNc3cnc4c(c3C)NCCO4)n2)cc1. The highest BCUT2D eigenvalue weighted by Gasteiger charge is 2.16. The summed E-state index contributed by atoms with van der Waals surface area (Å²) in [5.74, 6) is 1.25. The van der Waals surface area contributed by atoms with Crippen molar-refractivity contribution in [2.75, 3.05) is 54.1 Å². The van der Waals surface area contributed by atoms with Gasteiger partial charge < -0.3 is 31.3 Å². The van der Waals surface area contributed by atoms with Crippen LogP contribution in [-0.2, 0) is 13.0 Å². The first-order valence-electron chi connectivity index (χ1n) is 12.9. The number of hydrogen-bond donors (Lipinski definition) is 5. The van der Waals surface area contributed by atoms with Gasteiger partial charge in [0.1, 0.15) is 12.3 Å². The molecule has 0 fully saturated rings. The second kappa shape index (κ2) is 12.9. The van der Waals surface area contributed by atoms with Crippen molar-refractivity contribution in [3.05, 3.63) is 53.5 Å². The van der Waals surface area contributed by atoms with Crippen LogP contribution in [0.1, 0.15) is 43.5 Å². The minimum absolute atomic E-state index is 0.587. The van der Waals surface area contributed by atoms with Crippen molar-refractivity contribution in [2.45, 2.75) is 46.6 Å². The number of ether oxygens (including phenoxy) is 1. The van der Waals surface area contributed by atoms with E-state index in [2.05, 4.69) is 69.5 Å². The summed E-state index contributed by atoms with van der Waals surface area (Å²) in [6.45, 7) is 11.3. The fourth-order valence-electron chi connectivity index (χ4n) is 4.11. The molecule has 192 valence electrons. The Morgan fingerprint density at radius 3 is 2.58 bits per heavy atom.